The Morgan fingerprint density at radius 3 is 2.22 bits per heavy atom. The molecular weight excluding hydrogens is 399 g/mol. The van der Waals surface area contributed by atoms with E-state index in [4.69, 9.17) is 4.74 Å². The molecule has 1 saturated carbocycles. The van der Waals surface area contributed by atoms with Gasteiger partial charge in [-0.2, -0.15) is 0 Å². The Kier molecular flexibility index (Phi) is 4.85. The van der Waals surface area contributed by atoms with E-state index in [1.807, 2.05) is 12.1 Å². The van der Waals surface area contributed by atoms with E-state index in [9.17, 15) is 4.79 Å². The molecule has 0 unspecified atom stereocenters. The van der Waals surface area contributed by atoms with Crippen LogP contribution < -0.4 is 0 Å². The molecule has 3 rings (SSSR count). The Balaban J connectivity index is 1.85. The van der Waals surface area contributed by atoms with Crippen molar-refractivity contribution in [3.63, 3.8) is 0 Å². The van der Waals surface area contributed by atoms with Gasteiger partial charge in [0.15, 0.2) is 0 Å². The van der Waals surface area contributed by atoms with E-state index in [1.165, 1.54) is 3.57 Å². The van der Waals surface area contributed by atoms with Crippen LogP contribution >= 0.6 is 22.6 Å². The van der Waals surface area contributed by atoms with Gasteiger partial charge in [-0.15, -0.1) is 0 Å². The van der Waals surface area contributed by atoms with E-state index >= 15 is 0 Å². The first-order chi connectivity index (χ1) is 11.1. The smallest absolute Gasteiger partial charge is 0.339 e. The summed E-state index contributed by atoms with van der Waals surface area (Å²) in [5, 5.41) is 0. The molecule has 0 radical (unpaired) electrons. The quantitative estimate of drug-likeness (QED) is 0.480. The molecule has 0 amide bonds. The molecule has 0 aliphatic heterocycles. The molecule has 23 heavy (non-hydrogen) atoms. The van der Waals surface area contributed by atoms with E-state index in [2.05, 4.69) is 53.4 Å². The van der Waals surface area contributed by atoms with Crippen LogP contribution in [0, 0.1) is 3.57 Å². The molecule has 2 aromatic carbocycles. The van der Waals surface area contributed by atoms with Gasteiger partial charge in [0.2, 0.25) is 0 Å². The van der Waals surface area contributed by atoms with Gasteiger partial charge in [-0.25, -0.2) is 4.79 Å². The molecule has 3 heteroatoms. The Bertz CT molecular complexity index is 695. The third-order valence-corrected chi connectivity index (χ3v) is 5.17. The molecule has 1 aliphatic carbocycles. The molecule has 0 saturated heterocycles. The third kappa shape index (κ3) is 3.50. The summed E-state index contributed by atoms with van der Waals surface area (Å²) in [5.74, 6) is -0.249. The van der Waals surface area contributed by atoms with Crippen LogP contribution in [0.15, 0.2) is 55.1 Å². The highest BCUT2D eigenvalue weighted by Crippen LogP contribution is 2.42. The van der Waals surface area contributed by atoms with Crippen LogP contribution in [-0.2, 0) is 10.3 Å². The maximum atomic E-state index is 12.6. The number of rotatable bonds is 4. The van der Waals surface area contributed by atoms with Crippen molar-refractivity contribution in [2.24, 2.45) is 0 Å². The van der Waals surface area contributed by atoms with Gasteiger partial charge in [-0.1, -0.05) is 36.9 Å². The molecule has 0 N–H and O–H groups in total. The summed E-state index contributed by atoms with van der Waals surface area (Å²) in [6, 6.07) is 15.7. The van der Waals surface area contributed by atoms with Crippen LogP contribution in [0.3, 0.4) is 0 Å². The average molecular weight is 418 g/mol. The lowest BCUT2D eigenvalue weighted by Gasteiger charge is -2.29. The number of esters is 1. The fourth-order valence-corrected chi connectivity index (χ4v) is 3.50. The Morgan fingerprint density at radius 1 is 1.04 bits per heavy atom. The number of hydrogen-bond acceptors (Lipinski definition) is 2. The number of halogens is 1. The molecule has 1 fully saturated rings. The van der Waals surface area contributed by atoms with E-state index in [0.717, 1.165) is 36.8 Å². The number of carbonyl (C=O) groups excluding carboxylic acids is 1. The summed E-state index contributed by atoms with van der Waals surface area (Å²) in [6.45, 7) is 3.73. The summed E-state index contributed by atoms with van der Waals surface area (Å²) < 4.78 is 7.20. The van der Waals surface area contributed by atoms with Crippen LogP contribution in [0.2, 0.25) is 0 Å². The minimum Gasteiger partial charge on any atom is -0.451 e. The van der Waals surface area contributed by atoms with Crippen molar-refractivity contribution in [3.8, 4) is 0 Å². The summed E-state index contributed by atoms with van der Waals surface area (Å²) >= 11 is 2.29. The van der Waals surface area contributed by atoms with E-state index < -0.39 is 5.60 Å². The third-order valence-electron chi connectivity index (χ3n) is 4.45. The lowest BCUT2D eigenvalue weighted by Crippen LogP contribution is -2.29. The summed E-state index contributed by atoms with van der Waals surface area (Å²) in [7, 11) is 0. The molecule has 0 spiro atoms. The van der Waals surface area contributed by atoms with Crippen molar-refractivity contribution < 1.29 is 9.53 Å². The fourth-order valence-electron chi connectivity index (χ4n) is 3.14. The van der Waals surface area contributed by atoms with Crippen LogP contribution in [0.5, 0.6) is 0 Å². The monoisotopic (exact) mass is 418 g/mol. The second-order valence-corrected chi connectivity index (χ2v) is 7.17. The van der Waals surface area contributed by atoms with Gasteiger partial charge in [-0.3, -0.25) is 0 Å². The number of hydrogen-bond donors (Lipinski definition) is 0. The molecule has 1 aliphatic rings. The SMILES string of the molecule is C=Cc1ccc(C(=O)OC2(c3ccc(I)cc3)CCCC2)cc1. The maximum absolute atomic E-state index is 12.6. The summed E-state index contributed by atoms with van der Waals surface area (Å²) in [6.07, 6.45) is 5.73. The van der Waals surface area contributed by atoms with Gasteiger partial charge in [0.25, 0.3) is 0 Å². The molecule has 2 aromatic rings. The predicted octanol–water partition coefficient (Wildman–Crippen LogP) is 5.56. The van der Waals surface area contributed by atoms with Gasteiger partial charge in [0.05, 0.1) is 5.56 Å². The lowest BCUT2D eigenvalue weighted by atomic mass is 9.92. The van der Waals surface area contributed by atoms with Gasteiger partial charge < -0.3 is 4.74 Å². The van der Waals surface area contributed by atoms with Gasteiger partial charge >= 0.3 is 5.97 Å². The average Bonchev–Trinajstić information content (AvgIpc) is 3.05. The Hall–Kier alpha value is -1.62. The zero-order chi connectivity index (χ0) is 16.3. The van der Waals surface area contributed by atoms with E-state index in [0.29, 0.717) is 5.56 Å². The summed E-state index contributed by atoms with van der Waals surface area (Å²) in [5.41, 5.74) is 2.21. The number of carbonyl (C=O) groups is 1. The molecule has 0 bridgehead atoms. The highest BCUT2D eigenvalue weighted by atomic mass is 127. The van der Waals surface area contributed by atoms with E-state index in [-0.39, 0.29) is 5.97 Å². The van der Waals surface area contributed by atoms with Crippen molar-refractivity contribution in [2.45, 2.75) is 31.3 Å². The van der Waals surface area contributed by atoms with Crippen molar-refractivity contribution in [1.29, 1.82) is 0 Å². The zero-order valence-corrected chi connectivity index (χ0v) is 15.1. The second kappa shape index (κ2) is 6.87. The lowest BCUT2D eigenvalue weighted by molar-refractivity contribution is -0.0183. The van der Waals surface area contributed by atoms with Crippen LogP contribution in [0.25, 0.3) is 6.08 Å². The Morgan fingerprint density at radius 2 is 1.65 bits per heavy atom. The van der Waals surface area contributed by atoms with Crippen molar-refractivity contribution >= 4 is 34.6 Å². The first-order valence-electron chi connectivity index (χ1n) is 7.85. The van der Waals surface area contributed by atoms with Crippen molar-refractivity contribution in [1.82, 2.24) is 0 Å². The number of ether oxygens (including phenoxy) is 1. The molecule has 0 heterocycles. The Labute approximate surface area is 150 Å². The minimum atomic E-state index is -0.474. The van der Waals surface area contributed by atoms with Crippen LogP contribution in [-0.4, -0.2) is 5.97 Å². The normalized spacial score (nSPS) is 16.0. The van der Waals surface area contributed by atoms with Crippen LogP contribution in [0.4, 0.5) is 0 Å². The summed E-state index contributed by atoms with van der Waals surface area (Å²) in [4.78, 5) is 12.6. The first-order valence-corrected chi connectivity index (χ1v) is 8.93. The van der Waals surface area contributed by atoms with E-state index in [1.54, 1.807) is 18.2 Å². The maximum Gasteiger partial charge on any atom is 0.339 e. The molecule has 2 nitrogen and oxygen atoms in total. The predicted molar refractivity (Wildman–Crippen MR) is 101 cm³/mol. The van der Waals surface area contributed by atoms with Gasteiger partial charge in [-0.05, 0) is 83.7 Å². The first kappa shape index (κ1) is 16.2. The standard InChI is InChI=1S/C20H19IO2/c1-2-15-5-7-16(8-6-15)19(22)23-20(13-3-4-14-20)17-9-11-18(21)12-10-17/h2,5-12H,1,3-4,13-14H2. The second-order valence-electron chi connectivity index (χ2n) is 5.92. The molecule has 0 aromatic heterocycles. The largest absolute Gasteiger partial charge is 0.451 e. The highest BCUT2D eigenvalue weighted by molar-refractivity contribution is 14.1. The molecule has 0 atom stereocenters. The fraction of sp³-hybridized carbons (Fsp3) is 0.250. The van der Waals surface area contributed by atoms with Gasteiger partial charge in [0, 0.05) is 3.57 Å². The zero-order valence-electron chi connectivity index (χ0n) is 12.9. The van der Waals surface area contributed by atoms with Crippen molar-refractivity contribution in [3.05, 3.63) is 75.4 Å². The molecular formula is C20H19IO2. The van der Waals surface area contributed by atoms with Crippen molar-refractivity contribution in [2.75, 3.05) is 0 Å². The molecule has 118 valence electrons. The van der Waals surface area contributed by atoms with Crippen LogP contribution in [0.1, 0.15) is 47.2 Å². The highest BCUT2D eigenvalue weighted by Gasteiger charge is 2.39. The van der Waals surface area contributed by atoms with Gasteiger partial charge in [0.1, 0.15) is 5.60 Å². The topological polar surface area (TPSA) is 26.3 Å². The minimum absolute atomic E-state index is 0.249. The number of benzene rings is 2.